The fraction of sp³-hybridized carbons (Fsp3) is 0.714. The van der Waals surface area contributed by atoms with E-state index in [1.165, 1.54) is 0 Å². The largest absolute Gasteiger partial charge is 0.460 e. The van der Waals surface area contributed by atoms with Gasteiger partial charge in [0.25, 0.3) is 0 Å². The molecule has 0 bridgehead atoms. The molecule has 0 fully saturated rings. The molecule has 75 valence electrons. The van der Waals surface area contributed by atoms with Crippen molar-refractivity contribution in [2.75, 3.05) is 18.6 Å². The Morgan fingerprint density at radius 2 is 2.31 bits per heavy atom. The lowest BCUT2D eigenvalue weighted by Crippen LogP contribution is -2.27. The van der Waals surface area contributed by atoms with E-state index in [1.54, 1.807) is 0 Å². The molecular formula is C7H9BrFO4. The summed E-state index contributed by atoms with van der Waals surface area (Å²) in [6.45, 7) is 0.0725. The van der Waals surface area contributed by atoms with Crippen LogP contribution in [0.2, 0.25) is 0 Å². The van der Waals surface area contributed by atoms with Gasteiger partial charge in [-0.05, 0) is 0 Å². The Labute approximate surface area is 83.5 Å². The predicted molar refractivity (Wildman–Crippen MR) is 45.9 cm³/mol. The van der Waals surface area contributed by atoms with E-state index in [2.05, 4.69) is 25.4 Å². The zero-order valence-corrected chi connectivity index (χ0v) is 8.38. The van der Waals surface area contributed by atoms with E-state index in [0.717, 1.165) is 6.47 Å². The summed E-state index contributed by atoms with van der Waals surface area (Å²) in [5.74, 6) is -0.750. The van der Waals surface area contributed by atoms with Gasteiger partial charge in [0.2, 0.25) is 0 Å². The van der Waals surface area contributed by atoms with Crippen LogP contribution in [0.5, 0.6) is 0 Å². The number of ether oxygens (including phenoxy) is 2. The van der Waals surface area contributed by atoms with Crippen molar-refractivity contribution in [3.8, 4) is 0 Å². The van der Waals surface area contributed by atoms with Crippen LogP contribution in [0.3, 0.4) is 0 Å². The molecule has 6 heteroatoms. The molecule has 0 aromatic heterocycles. The van der Waals surface area contributed by atoms with Crippen molar-refractivity contribution in [2.24, 2.45) is 0 Å². The first-order valence-electron chi connectivity index (χ1n) is 3.57. The van der Waals surface area contributed by atoms with Crippen molar-refractivity contribution in [2.45, 2.75) is 12.5 Å². The van der Waals surface area contributed by atoms with Crippen LogP contribution < -0.4 is 0 Å². The van der Waals surface area contributed by atoms with Gasteiger partial charge in [0.15, 0.2) is 6.10 Å². The Morgan fingerprint density at radius 3 is 2.77 bits per heavy atom. The number of hydrogen-bond acceptors (Lipinski definition) is 4. The molecule has 0 aliphatic carbocycles. The molecule has 0 aliphatic rings. The highest BCUT2D eigenvalue weighted by Crippen LogP contribution is 2.02. The molecule has 0 aliphatic heterocycles. The lowest BCUT2D eigenvalue weighted by atomic mass is 10.3. The second kappa shape index (κ2) is 7.97. The van der Waals surface area contributed by atoms with Crippen LogP contribution in [0.25, 0.3) is 0 Å². The van der Waals surface area contributed by atoms with Crippen molar-refractivity contribution in [1.29, 1.82) is 0 Å². The molecule has 4 nitrogen and oxygen atoms in total. The molecule has 0 heterocycles. The van der Waals surface area contributed by atoms with Gasteiger partial charge in [0.05, 0.1) is 0 Å². The number of hydrogen-bond donors (Lipinski definition) is 0. The standard InChI is InChI=1S/C7H9BrFO4/c8-2-1-6(13-5-10)7(11)12-4-3-9/h6H,1-4H2. The van der Waals surface area contributed by atoms with Crippen LogP contribution in [-0.4, -0.2) is 37.2 Å². The Hall–Kier alpha value is -0.650. The summed E-state index contributed by atoms with van der Waals surface area (Å²) in [6.07, 6.45) is -0.719. The van der Waals surface area contributed by atoms with Crippen LogP contribution in [0.4, 0.5) is 4.39 Å². The number of carbonyl (C=O) groups excluding carboxylic acids is 2. The molecule has 0 N–H and O–H groups in total. The van der Waals surface area contributed by atoms with Crippen molar-refractivity contribution >= 4 is 28.4 Å². The van der Waals surface area contributed by atoms with E-state index in [-0.39, 0.29) is 13.0 Å². The number of alkyl halides is 2. The third-order valence-electron chi connectivity index (χ3n) is 1.15. The number of carbonyl (C=O) groups is 1. The molecule has 1 atom stereocenters. The molecule has 0 saturated heterocycles. The molecular weight excluding hydrogens is 247 g/mol. The molecule has 0 amide bonds. The summed E-state index contributed by atoms with van der Waals surface area (Å²) in [7, 11) is 0. The van der Waals surface area contributed by atoms with Gasteiger partial charge in [-0.1, -0.05) is 15.9 Å². The van der Waals surface area contributed by atoms with Gasteiger partial charge in [-0.25, -0.2) is 14.0 Å². The Balaban J connectivity index is 3.87. The lowest BCUT2D eigenvalue weighted by molar-refractivity contribution is -0.153. The third kappa shape index (κ3) is 5.57. The topological polar surface area (TPSA) is 52.6 Å². The number of rotatable bonds is 7. The quantitative estimate of drug-likeness (QED) is 0.498. The summed E-state index contributed by atoms with van der Waals surface area (Å²) < 4.78 is 20.3. The van der Waals surface area contributed by atoms with Gasteiger partial charge in [-0.15, -0.1) is 0 Å². The van der Waals surface area contributed by atoms with E-state index < -0.39 is 18.7 Å². The SMILES string of the molecule is O=[C]OC(CCBr)C(=O)OCCF. The zero-order valence-electron chi connectivity index (χ0n) is 6.79. The molecule has 13 heavy (non-hydrogen) atoms. The normalized spacial score (nSPS) is 11.8. The van der Waals surface area contributed by atoms with Gasteiger partial charge >= 0.3 is 12.4 Å². The minimum Gasteiger partial charge on any atom is -0.460 e. The van der Waals surface area contributed by atoms with Crippen molar-refractivity contribution in [3.63, 3.8) is 0 Å². The summed E-state index contributed by atoms with van der Waals surface area (Å²) in [5.41, 5.74) is 0. The maximum absolute atomic E-state index is 11.6. The molecule has 0 aromatic rings. The highest BCUT2D eigenvalue weighted by molar-refractivity contribution is 9.09. The lowest BCUT2D eigenvalue weighted by Gasteiger charge is -2.11. The fourth-order valence-electron chi connectivity index (χ4n) is 0.614. The van der Waals surface area contributed by atoms with Crippen molar-refractivity contribution < 1.29 is 23.5 Å². The maximum Gasteiger partial charge on any atom is 0.418 e. The molecule has 1 radical (unpaired) electrons. The van der Waals surface area contributed by atoms with Gasteiger partial charge in [-0.3, -0.25) is 0 Å². The summed E-state index contributed by atoms with van der Waals surface area (Å²) in [4.78, 5) is 20.8. The molecule has 0 saturated carbocycles. The second-order valence-electron chi connectivity index (χ2n) is 2.02. The molecule has 1 unspecified atom stereocenters. The predicted octanol–water partition coefficient (Wildman–Crippen LogP) is 0.736. The van der Waals surface area contributed by atoms with Gasteiger partial charge < -0.3 is 9.47 Å². The van der Waals surface area contributed by atoms with Crippen LogP contribution >= 0.6 is 15.9 Å². The maximum atomic E-state index is 11.6. The van der Waals surface area contributed by atoms with Crippen LogP contribution in [-0.2, 0) is 19.1 Å². The molecule has 0 rings (SSSR count). The first-order valence-corrected chi connectivity index (χ1v) is 4.69. The van der Waals surface area contributed by atoms with E-state index in [4.69, 9.17) is 0 Å². The van der Waals surface area contributed by atoms with Gasteiger partial charge in [0, 0.05) is 11.8 Å². The van der Waals surface area contributed by atoms with E-state index in [9.17, 15) is 14.0 Å². The van der Waals surface area contributed by atoms with Crippen molar-refractivity contribution in [3.05, 3.63) is 0 Å². The fourth-order valence-corrected chi connectivity index (χ4v) is 1.03. The van der Waals surface area contributed by atoms with Crippen LogP contribution in [0.15, 0.2) is 0 Å². The minimum absolute atomic E-state index is 0.278. The highest BCUT2D eigenvalue weighted by atomic mass is 79.9. The van der Waals surface area contributed by atoms with E-state index in [1.807, 2.05) is 0 Å². The van der Waals surface area contributed by atoms with Gasteiger partial charge in [-0.2, -0.15) is 0 Å². The second-order valence-corrected chi connectivity index (χ2v) is 2.82. The van der Waals surface area contributed by atoms with Gasteiger partial charge in [0.1, 0.15) is 13.3 Å². The average molecular weight is 256 g/mol. The summed E-state index contributed by atoms with van der Waals surface area (Å²) >= 11 is 3.06. The molecule has 0 aromatic carbocycles. The van der Waals surface area contributed by atoms with Crippen LogP contribution in [0.1, 0.15) is 6.42 Å². The Bertz CT molecular complexity index is 165. The zero-order chi connectivity index (χ0) is 10.1. The highest BCUT2D eigenvalue weighted by Gasteiger charge is 2.20. The van der Waals surface area contributed by atoms with Crippen LogP contribution in [0, 0.1) is 0 Å². The number of halogens is 2. The summed E-state index contributed by atoms with van der Waals surface area (Å²) in [5, 5.41) is 0.476. The third-order valence-corrected chi connectivity index (χ3v) is 1.60. The molecule has 0 spiro atoms. The van der Waals surface area contributed by atoms with E-state index >= 15 is 0 Å². The monoisotopic (exact) mass is 255 g/mol. The Morgan fingerprint density at radius 1 is 1.62 bits per heavy atom. The van der Waals surface area contributed by atoms with E-state index in [0.29, 0.717) is 5.33 Å². The van der Waals surface area contributed by atoms with Crippen molar-refractivity contribution in [1.82, 2.24) is 0 Å². The number of esters is 1. The smallest absolute Gasteiger partial charge is 0.418 e. The summed E-state index contributed by atoms with van der Waals surface area (Å²) in [6, 6.07) is 0. The first kappa shape index (κ1) is 12.3. The minimum atomic E-state index is -0.997. The average Bonchev–Trinajstić information content (AvgIpc) is 2.14. The first-order chi connectivity index (χ1) is 6.26. The Kier molecular flexibility index (Phi) is 7.57.